The van der Waals surface area contributed by atoms with Crippen LogP contribution >= 0.6 is 0 Å². The zero-order valence-electron chi connectivity index (χ0n) is 21.1. The smallest absolute Gasteiger partial charge is 0.338 e. The first-order chi connectivity index (χ1) is 16.6. The van der Waals surface area contributed by atoms with Gasteiger partial charge in [-0.25, -0.2) is 9.79 Å². The molecule has 2 heterocycles. The molecule has 1 aromatic carbocycles. The monoisotopic (exact) mass is 503 g/mol. The molecule has 1 unspecified atom stereocenters. The van der Waals surface area contributed by atoms with Crippen LogP contribution in [0.2, 0.25) is 25.7 Å². The number of carboxylic acid groups (broad SMARTS) is 1. The molecule has 192 valence electrons. The summed E-state index contributed by atoms with van der Waals surface area (Å²) >= 11 is 0. The Labute approximate surface area is 208 Å². The summed E-state index contributed by atoms with van der Waals surface area (Å²) in [4.78, 5) is 39.8. The SMILES string of the molecule is COC(=NC(C=O)C(=O)OCC[Si](C)(C)C)[C@@H]1[C@H](Cc2ccccc2CCC(=O)O)[C@H]2CC[C@@H]1O2. The molecule has 9 heteroatoms. The molecule has 8 nitrogen and oxygen atoms in total. The number of aliphatic imine (C=N–C) groups is 1. The number of methoxy groups -OCH3 is 1. The quantitative estimate of drug-likeness (QED) is 0.116. The first-order valence-electron chi connectivity index (χ1n) is 12.3. The van der Waals surface area contributed by atoms with Crippen molar-refractivity contribution < 1.29 is 33.7 Å². The van der Waals surface area contributed by atoms with Crippen LogP contribution in [-0.2, 0) is 41.4 Å². The molecule has 0 spiro atoms. The lowest BCUT2D eigenvalue weighted by Gasteiger charge is -2.29. The van der Waals surface area contributed by atoms with Crippen molar-refractivity contribution in [3.63, 3.8) is 0 Å². The van der Waals surface area contributed by atoms with Crippen LogP contribution in [0.15, 0.2) is 29.3 Å². The van der Waals surface area contributed by atoms with Crippen molar-refractivity contribution in [3.05, 3.63) is 35.4 Å². The van der Waals surface area contributed by atoms with Crippen molar-refractivity contribution in [3.8, 4) is 0 Å². The minimum absolute atomic E-state index is 0.0243. The molecular formula is C26H37NO7Si. The summed E-state index contributed by atoms with van der Waals surface area (Å²) in [5.41, 5.74) is 2.08. The predicted molar refractivity (Wildman–Crippen MR) is 134 cm³/mol. The molecule has 0 saturated carbocycles. The highest BCUT2D eigenvalue weighted by atomic mass is 28.3. The Hall–Kier alpha value is -2.52. The lowest BCUT2D eigenvalue weighted by molar-refractivity contribution is -0.145. The van der Waals surface area contributed by atoms with Gasteiger partial charge in [0.15, 0.2) is 12.2 Å². The molecule has 0 radical (unpaired) electrons. The van der Waals surface area contributed by atoms with Crippen molar-refractivity contribution in [1.82, 2.24) is 0 Å². The molecule has 2 aliphatic rings. The third-order valence-corrected chi connectivity index (χ3v) is 8.54. The molecular weight excluding hydrogens is 466 g/mol. The standard InChI is InChI=1S/C26H37NO7Si/c1-32-25(27-20(16-28)26(31)33-13-14-35(2,3)4)24-19(21-10-11-22(24)34-21)15-18-8-6-5-7-17(18)9-12-23(29)30/h5-8,16,19-22,24H,9-15H2,1-4H3,(H,29,30)/t19-,20?,21-,22+,24-/m1/s1. The first kappa shape index (κ1) is 27.1. The normalized spacial score (nSPS) is 24.7. The van der Waals surface area contributed by atoms with Gasteiger partial charge in [0.1, 0.15) is 0 Å². The maximum absolute atomic E-state index is 12.6. The van der Waals surface area contributed by atoms with Gasteiger partial charge in [-0.2, -0.15) is 0 Å². The van der Waals surface area contributed by atoms with Crippen LogP contribution in [0.25, 0.3) is 0 Å². The molecule has 2 saturated heterocycles. The molecule has 2 aliphatic heterocycles. The first-order valence-corrected chi connectivity index (χ1v) is 16.0. The number of hydrogen-bond acceptors (Lipinski definition) is 7. The maximum Gasteiger partial charge on any atom is 0.338 e. The van der Waals surface area contributed by atoms with Gasteiger partial charge in [-0.3, -0.25) is 4.79 Å². The highest BCUT2D eigenvalue weighted by molar-refractivity contribution is 6.76. The highest BCUT2D eigenvalue weighted by Gasteiger charge is 2.52. The van der Waals surface area contributed by atoms with Crippen LogP contribution in [0.4, 0.5) is 0 Å². The van der Waals surface area contributed by atoms with E-state index in [4.69, 9.17) is 19.3 Å². The summed E-state index contributed by atoms with van der Waals surface area (Å²) < 4.78 is 17.2. The topological polar surface area (TPSA) is 111 Å². The largest absolute Gasteiger partial charge is 0.484 e. The molecule has 5 atom stereocenters. The second-order valence-electron chi connectivity index (χ2n) is 10.6. The molecule has 2 bridgehead atoms. The van der Waals surface area contributed by atoms with Gasteiger partial charge in [-0.1, -0.05) is 43.9 Å². The summed E-state index contributed by atoms with van der Waals surface area (Å²) in [7, 11) is 0.124. The van der Waals surface area contributed by atoms with Gasteiger partial charge in [-0.15, -0.1) is 0 Å². The molecule has 2 fully saturated rings. The average molecular weight is 504 g/mol. The summed E-state index contributed by atoms with van der Waals surface area (Å²) in [6.07, 6.45) is 3.42. The molecule has 1 N–H and O–H groups in total. The molecule has 0 aromatic heterocycles. The number of aldehydes is 1. The van der Waals surface area contributed by atoms with E-state index in [2.05, 4.69) is 24.6 Å². The van der Waals surface area contributed by atoms with Gasteiger partial charge < -0.3 is 24.1 Å². The van der Waals surface area contributed by atoms with Crippen molar-refractivity contribution in [2.24, 2.45) is 16.8 Å². The third kappa shape index (κ3) is 7.24. The predicted octanol–water partition coefficient (Wildman–Crippen LogP) is 3.53. The van der Waals surface area contributed by atoms with E-state index >= 15 is 0 Å². The number of aryl methyl sites for hydroxylation is 1. The van der Waals surface area contributed by atoms with E-state index in [-0.39, 0.29) is 37.1 Å². The van der Waals surface area contributed by atoms with Crippen molar-refractivity contribution in [2.75, 3.05) is 13.7 Å². The molecule has 0 amide bonds. The average Bonchev–Trinajstić information content (AvgIpc) is 3.40. The number of benzene rings is 1. The number of fused-ring (bicyclic) bond motifs is 2. The summed E-state index contributed by atoms with van der Waals surface area (Å²) in [6, 6.07) is 7.40. The van der Waals surface area contributed by atoms with E-state index in [1.807, 2.05) is 24.3 Å². The second-order valence-corrected chi connectivity index (χ2v) is 16.2. The fraction of sp³-hybridized carbons (Fsp3) is 0.615. The van der Waals surface area contributed by atoms with Crippen LogP contribution in [0.5, 0.6) is 0 Å². The molecule has 3 rings (SSSR count). The van der Waals surface area contributed by atoms with Crippen molar-refractivity contribution in [2.45, 2.75) is 76.0 Å². The van der Waals surface area contributed by atoms with E-state index < -0.39 is 26.1 Å². The fourth-order valence-corrected chi connectivity index (χ4v) is 5.68. The van der Waals surface area contributed by atoms with Gasteiger partial charge in [0.2, 0.25) is 6.04 Å². The second kappa shape index (κ2) is 11.9. The number of hydrogen-bond donors (Lipinski definition) is 1. The Bertz CT molecular complexity index is 942. The van der Waals surface area contributed by atoms with Crippen LogP contribution in [0, 0.1) is 11.8 Å². The van der Waals surface area contributed by atoms with Gasteiger partial charge in [0.05, 0.1) is 31.8 Å². The summed E-state index contributed by atoms with van der Waals surface area (Å²) in [6.45, 7) is 6.85. The molecule has 1 aromatic rings. The van der Waals surface area contributed by atoms with E-state index in [0.29, 0.717) is 25.0 Å². The number of carbonyl (C=O) groups excluding carboxylic acids is 2. The minimum Gasteiger partial charge on any atom is -0.484 e. The van der Waals surface area contributed by atoms with Crippen LogP contribution in [-0.4, -0.2) is 69.3 Å². The van der Waals surface area contributed by atoms with Gasteiger partial charge in [0, 0.05) is 20.4 Å². The Balaban J connectivity index is 1.78. The van der Waals surface area contributed by atoms with Gasteiger partial charge >= 0.3 is 11.9 Å². The lowest BCUT2D eigenvalue weighted by Crippen LogP contribution is -2.37. The number of aliphatic carboxylic acids is 1. The van der Waals surface area contributed by atoms with E-state index in [9.17, 15) is 14.4 Å². The van der Waals surface area contributed by atoms with Gasteiger partial charge in [0.25, 0.3) is 0 Å². The number of ether oxygens (including phenoxy) is 3. The molecule has 0 aliphatic carbocycles. The van der Waals surface area contributed by atoms with Gasteiger partial charge in [-0.05, 0) is 42.9 Å². The zero-order chi connectivity index (χ0) is 25.6. The number of nitrogens with zero attached hydrogens (tertiary/aromatic N) is 1. The minimum atomic E-state index is -1.38. The van der Waals surface area contributed by atoms with Crippen LogP contribution < -0.4 is 0 Å². The Morgan fingerprint density at radius 3 is 2.51 bits per heavy atom. The summed E-state index contributed by atoms with van der Waals surface area (Å²) in [5, 5.41) is 9.11. The fourth-order valence-electron chi connectivity index (χ4n) is 4.97. The summed E-state index contributed by atoms with van der Waals surface area (Å²) in [5.74, 6) is -1.29. The number of carbonyl (C=O) groups is 3. The Morgan fingerprint density at radius 1 is 1.20 bits per heavy atom. The Morgan fingerprint density at radius 2 is 1.89 bits per heavy atom. The number of esters is 1. The maximum atomic E-state index is 12.6. The zero-order valence-corrected chi connectivity index (χ0v) is 22.1. The number of carboxylic acids is 1. The van der Waals surface area contributed by atoms with Crippen molar-refractivity contribution in [1.29, 1.82) is 0 Å². The van der Waals surface area contributed by atoms with Crippen molar-refractivity contribution >= 4 is 32.2 Å². The Kier molecular flexibility index (Phi) is 9.24. The van der Waals surface area contributed by atoms with Crippen LogP contribution in [0.3, 0.4) is 0 Å². The third-order valence-electron chi connectivity index (χ3n) is 6.83. The van der Waals surface area contributed by atoms with E-state index in [1.54, 1.807) is 0 Å². The van der Waals surface area contributed by atoms with E-state index in [1.165, 1.54) is 7.11 Å². The molecule has 35 heavy (non-hydrogen) atoms. The number of rotatable bonds is 12. The highest BCUT2D eigenvalue weighted by Crippen LogP contribution is 2.46. The van der Waals surface area contributed by atoms with E-state index in [0.717, 1.165) is 30.0 Å². The lowest BCUT2D eigenvalue weighted by atomic mass is 9.75. The van der Waals surface area contributed by atoms with Crippen LogP contribution in [0.1, 0.15) is 30.4 Å².